The van der Waals surface area contributed by atoms with E-state index in [1.54, 1.807) is 6.92 Å². The third-order valence-corrected chi connectivity index (χ3v) is 7.68. The molecular weight excluding hydrogens is 364 g/mol. The molecule has 0 aromatic heterocycles. The van der Waals surface area contributed by atoms with Gasteiger partial charge in [-0.3, -0.25) is 19.3 Å². The Morgan fingerprint density at radius 2 is 1.73 bits per heavy atom. The van der Waals surface area contributed by atoms with Crippen LogP contribution in [-0.4, -0.2) is 69.7 Å². The molecule has 1 aromatic carbocycles. The zero-order valence-electron chi connectivity index (χ0n) is 13.6. The molecule has 2 saturated heterocycles. The number of rotatable bonds is 3. The third kappa shape index (κ3) is 1.58. The largest absolute Gasteiger partial charge is 0.479 e. The highest BCUT2D eigenvalue weighted by Crippen LogP contribution is 2.50. The maximum Gasteiger partial charge on any atom is 0.348 e. The van der Waals surface area contributed by atoms with Gasteiger partial charge in [-0.2, -0.15) is 0 Å². The van der Waals surface area contributed by atoms with E-state index >= 15 is 0 Å². The van der Waals surface area contributed by atoms with Crippen molar-refractivity contribution >= 4 is 33.5 Å². The molecule has 136 valence electrons. The second kappa shape index (κ2) is 4.91. The fraction of sp³-hybridized carbons (Fsp3) is 0.375. The van der Waals surface area contributed by atoms with Gasteiger partial charge in [0, 0.05) is 6.04 Å². The van der Waals surface area contributed by atoms with Crippen LogP contribution in [0.2, 0.25) is 0 Å². The zero-order chi connectivity index (χ0) is 19.0. The van der Waals surface area contributed by atoms with Crippen LogP contribution in [-0.2, 0) is 19.4 Å². The van der Waals surface area contributed by atoms with Gasteiger partial charge in [0.25, 0.3) is 22.6 Å². The summed E-state index contributed by atoms with van der Waals surface area (Å²) in [4.78, 5) is 48.7. The number of aliphatic carboxylic acids is 1. The molecule has 3 aliphatic rings. The maximum absolute atomic E-state index is 12.7. The second-order valence-electron chi connectivity index (χ2n) is 6.48. The summed E-state index contributed by atoms with van der Waals surface area (Å²) in [5.74, 6) is -4.83. The van der Waals surface area contributed by atoms with Gasteiger partial charge in [0.1, 0.15) is 0 Å². The van der Waals surface area contributed by atoms with Gasteiger partial charge in [0.2, 0.25) is 0 Å². The van der Waals surface area contributed by atoms with E-state index in [4.69, 9.17) is 0 Å². The number of benzene rings is 1. The molecule has 0 spiro atoms. The quantitative estimate of drug-likeness (QED) is 0.553. The van der Waals surface area contributed by atoms with Crippen molar-refractivity contribution in [1.82, 2.24) is 9.80 Å². The lowest BCUT2D eigenvalue weighted by Crippen LogP contribution is -2.83. The smallest absolute Gasteiger partial charge is 0.348 e. The highest BCUT2D eigenvalue weighted by atomic mass is 32.2. The Hall–Kier alpha value is -2.75. The van der Waals surface area contributed by atoms with Gasteiger partial charge in [-0.15, -0.1) is 0 Å². The number of carboxylic acid groups (broad SMARTS) is 1. The standard InChI is InChI=1S/C16H14N2O7S/c1-2-8-7-26(24,25)16(15(22)23)11(14(21)18(8)16)17-12(19)9-5-3-4-6-10(9)13(17)20/h3-6,8,11H,2,7H2,1H3,(H,22,23)/t8?,11-,16+/m1/s1. The van der Waals surface area contributed by atoms with Crippen molar-refractivity contribution in [2.24, 2.45) is 0 Å². The molecule has 4 rings (SSSR count). The van der Waals surface area contributed by atoms with Crippen LogP contribution >= 0.6 is 0 Å². The van der Waals surface area contributed by atoms with Crippen LogP contribution in [0.1, 0.15) is 34.1 Å². The maximum atomic E-state index is 12.7. The molecule has 3 amide bonds. The first-order valence-corrected chi connectivity index (χ1v) is 9.61. The highest BCUT2D eigenvalue weighted by molar-refractivity contribution is 7.94. The van der Waals surface area contributed by atoms with Crippen molar-refractivity contribution in [1.29, 1.82) is 0 Å². The van der Waals surface area contributed by atoms with Gasteiger partial charge >= 0.3 is 5.97 Å². The fourth-order valence-electron chi connectivity index (χ4n) is 4.14. The van der Waals surface area contributed by atoms with E-state index in [2.05, 4.69) is 0 Å². The lowest BCUT2D eigenvalue weighted by atomic mass is 9.90. The summed E-state index contributed by atoms with van der Waals surface area (Å²) in [7, 11) is -4.30. The number of fused-ring (bicyclic) bond motifs is 2. The SMILES string of the molecule is CCC1CS(=O)(=O)[C@]2(C(=O)O)[C@H](N3C(=O)c4ccccc4C3=O)C(=O)N12. The lowest BCUT2D eigenvalue weighted by Gasteiger charge is -2.52. The molecule has 3 atom stereocenters. The number of hydrogen-bond donors (Lipinski definition) is 1. The topological polar surface area (TPSA) is 129 Å². The molecule has 26 heavy (non-hydrogen) atoms. The number of amides is 3. The molecule has 0 aliphatic carbocycles. The van der Waals surface area contributed by atoms with Crippen LogP contribution in [0.4, 0.5) is 0 Å². The monoisotopic (exact) mass is 378 g/mol. The van der Waals surface area contributed by atoms with E-state index in [1.807, 2.05) is 0 Å². The Balaban J connectivity index is 1.89. The minimum Gasteiger partial charge on any atom is -0.479 e. The Labute approximate surface area is 148 Å². The molecule has 0 radical (unpaired) electrons. The summed E-state index contributed by atoms with van der Waals surface area (Å²) >= 11 is 0. The van der Waals surface area contributed by atoms with Crippen molar-refractivity contribution in [3.05, 3.63) is 35.4 Å². The van der Waals surface area contributed by atoms with E-state index in [1.165, 1.54) is 24.3 Å². The fourth-order valence-corrected chi connectivity index (χ4v) is 6.63. The molecule has 1 N–H and O–H groups in total. The van der Waals surface area contributed by atoms with Crippen LogP contribution in [0.25, 0.3) is 0 Å². The van der Waals surface area contributed by atoms with Crippen molar-refractivity contribution < 1.29 is 32.7 Å². The first kappa shape index (κ1) is 16.7. The molecule has 0 bridgehead atoms. The third-order valence-electron chi connectivity index (χ3n) is 5.31. The normalized spacial score (nSPS) is 31.7. The Bertz CT molecular complexity index is 967. The zero-order valence-corrected chi connectivity index (χ0v) is 14.4. The molecule has 10 heteroatoms. The molecule has 1 unspecified atom stereocenters. The van der Waals surface area contributed by atoms with Crippen LogP contribution in [0, 0.1) is 0 Å². The summed E-state index contributed by atoms with van der Waals surface area (Å²) in [6.07, 6.45) is 0.245. The molecule has 3 heterocycles. The second-order valence-corrected chi connectivity index (χ2v) is 8.67. The van der Waals surface area contributed by atoms with E-state index in [0.29, 0.717) is 4.90 Å². The van der Waals surface area contributed by atoms with Crippen molar-refractivity contribution in [3.63, 3.8) is 0 Å². The summed E-state index contributed by atoms with van der Waals surface area (Å²) < 4.78 is 25.5. The van der Waals surface area contributed by atoms with E-state index in [0.717, 1.165) is 4.90 Å². The average molecular weight is 378 g/mol. The van der Waals surface area contributed by atoms with Gasteiger partial charge in [-0.05, 0) is 18.6 Å². The number of hydrogen-bond acceptors (Lipinski definition) is 6. The lowest BCUT2D eigenvalue weighted by molar-refractivity contribution is -0.176. The van der Waals surface area contributed by atoms with Crippen LogP contribution in [0.5, 0.6) is 0 Å². The van der Waals surface area contributed by atoms with Gasteiger partial charge < -0.3 is 10.0 Å². The number of sulfone groups is 1. The van der Waals surface area contributed by atoms with Crippen LogP contribution in [0.3, 0.4) is 0 Å². The molecule has 1 aromatic rings. The van der Waals surface area contributed by atoms with Gasteiger partial charge in [-0.25, -0.2) is 13.2 Å². The number of carbonyl (C=O) groups is 4. The van der Waals surface area contributed by atoms with E-state index in [9.17, 15) is 32.7 Å². The Morgan fingerprint density at radius 3 is 2.19 bits per heavy atom. The van der Waals surface area contributed by atoms with Crippen molar-refractivity contribution in [2.45, 2.75) is 30.3 Å². The predicted molar refractivity (Wildman–Crippen MR) is 85.8 cm³/mol. The molecule has 2 fully saturated rings. The minimum absolute atomic E-state index is 0.0201. The number of carboxylic acids is 1. The predicted octanol–water partition coefficient (Wildman–Crippen LogP) is -0.519. The minimum atomic E-state index is -4.30. The average Bonchev–Trinajstić information content (AvgIpc) is 2.96. The molecule has 9 nitrogen and oxygen atoms in total. The Morgan fingerprint density at radius 1 is 1.19 bits per heavy atom. The number of β-lactam (4-membered cyclic amide) rings is 1. The number of carbonyl (C=O) groups excluding carboxylic acids is 3. The van der Waals surface area contributed by atoms with Gasteiger partial charge in [0.15, 0.2) is 15.9 Å². The number of nitrogens with zero attached hydrogens (tertiary/aromatic N) is 2. The summed E-state index contributed by atoms with van der Waals surface area (Å²) in [6.45, 7) is 1.64. The van der Waals surface area contributed by atoms with Gasteiger partial charge in [-0.1, -0.05) is 19.1 Å². The van der Waals surface area contributed by atoms with Crippen molar-refractivity contribution in [3.8, 4) is 0 Å². The molecule has 0 saturated carbocycles. The van der Waals surface area contributed by atoms with E-state index in [-0.39, 0.29) is 17.5 Å². The van der Waals surface area contributed by atoms with Crippen LogP contribution < -0.4 is 0 Å². The number of imide groups is 1. The first-order valence-electron chi connectivity index (χ1n) is 7.96. The molecule has 3 aliphatic heterocycles. The van der Waals surface area contributed by atoms with E-state index < -0.39 is 56.2 Å². The van der Waals surface area contributed by atoms with Crippen LogP contribution in [0.15, 0.2) is 24.3 Å². The first-order chi connectivity index (χ1) is 12.2. The van der Waals surface area contributed by atoms with Crippen molar-refractivity contribution in [2.75, 3.05) is 5.75 Å². The summed E-state index contributed by atoms with van der Waals surface area (Å²) in [6, 6.07) is 3.11. The highest BCUT2D eigenvalue weighted by Gasteiger charge is 2.81. The molecular formula is C16H14N2O7S. The summed E-state index contributed by atoms with van der Waals surface area (Å²) in [5, 5.41) is 9.76. The Kier molecular flexibility index (Phi) is 3.15. The van der Waals surface area contributed by atoms with Gasteiger partial charge in [0.05, 0.1) is 16.9 Å². The summed E-state index contributed by atoms with van der Waals surface area (Å²) in [5.41, 5.74) is 0.0402.